The van der Waals surface area contributed by atoms with Gasteiger partial charge in [-0.1, -0.05) is 6.07 Å². The summed E-state index contributed by atoms with van der Waals surface area (Å²) in [6.07, 6.45) is 0. The molecular formula is C14H23N3O. The van der Waals surface area contributed by atoms with Crippen molar-refractivity contribution in [2.24, 2.45) is 5.73 Å². The van der Waals surface area contributed by atoms with Crippen LogP contribution in [0.1, 0.15) is 28.4 Å². The molecule has 1 unspecified atom stereocenters. The standard InChI is InChI=1S/C14H23N3O/c1-10-7-12(14(15)18)5-6-13(10)8-16-11(2)9-17(3)4/h5-7,11,16H,8-9H2,1-4H3,(H2,15,18). The average Bonchev–Trinajstić information content (AvgIpc) is 2.26. The van der Waals surface area contributed by atoms with E-state index in [9.17, 15) is 4.79 Å². The van der Waals surface area contributed by atoms with Gasteiger partial charge in [0.2, 0.25) is 5.91 Å². The van der Waals surface area contributed by atoms with Crippen LogP contribution in [0.25, 0.3) is 0 Å². The highest BCUT2D eigenvalue weighted by Crippen LogP contribution is 2.11. The average molecular weight is 249 g/mol. The minimum absolute atomic E-state index is 0.376. The van der Waals surface area contributed by atoms with Gasteiger partial charge < -0.3 is 16.0 Å². The lowest BCUT2D eigenvalue weighted by molar-refractivity contribution is 0.1000. The number of benzene rings is 1. The summed E-state index contributed by atoms with van der Waals surface area (Å²) in [5.41, 5.74) is 8.11. The van der Waals surface area contributed by atoms with E-state index in [-0.39, 0.29) is 5.91 Å². The predicted molar refractivity (Wildman–Crippen MR) is 74.6 cm³/mol. The molecule has 0 fully saturated rings. The summed E-state index contributed by atoms with van der Waals surface area (Å²) < 4.78 is 0. The highest BCUT2D eigenvalue weighted by molar-refractivity contribution is 5.93. The van der Waals surface area contributed by atoms with Crippen LogP contribution in [0.3, 0.4) is 0 Å². The van der Waals surface area contributed by atoms with Gasteiger partial charge in [0.15, 0.2) is 0 Å². The van der Waals surface area contributed by atoms with E-state index in [1.807, 2.05) is 19.1 Å². The van der Waals surface area contributed by atoms with Gasteiger partial charge in [-0.05, 0) is 51.2 Å². The van der Waals surface area contributed by atoms with Crippen molar-refractivity contribution in [2.75, 3.05) is 20.6 Å². The van der Waals surface area contributed by atoms with E-state index in [1.54, 1.807) is 6.07 Å². The quantitative estimate of drug-likeness (QED) is 0.794. The van der Waals surface area contributed by atoms with Crippen LogP contribution in [0, 0.1) is 6.92 Å². The first-order chi connectivity index (χ1) is 8.40. The van der Waals surface area contributed by atoms with Gasteiger partial charge in [0.25, 0.3) is 0 Å². The Labute approximate surface area is 109 Å². The first-order valence-electron chi connectivity index (χ1n) is 6.17. The molecule has 100 valence electrons. The number of rotatable bonds is 6. The number of hydrogen-bond acceptors (Lipinski definition) is 3. The Morgan fingerprint density at radius 2 is 2.11 bits per heavy atom. The molecule has 0 spiro atoms. The van der Waals surface area contributed by atoms with Gasteiger partial charge in [0, 0.05) is 24.7 Å². The van der Waals surface area contributed by atoms with Crippen molar-refractivity contribution >= 4 is 5.91 Å². The molecule has 0 heterocycles. The van der Waals surface area contributed by atoms with Crippen molar-refractivity contribution in [1.29, 1.82) is 0 Å². The van der Waals surface area contributed by atoms with Crippen molar-refractivity contribution < 1.29 is 4.79 Å². The van der Waals surface area contributed by atoms with Gasteiger partial charge >= 0.3 is 0 Å². The van der Waals surface area contributed by atoms with Crippen LogP contribution < -0.4 is 11.1 Å². The first-order valence-corrected chi connectivity index (χ1v) is 6.17. The minimum Gasteiger partial charge on any atom is -0.366 e. The van der Waals surface area contributed by atoms with E-state index in [4.69, 9.17) is 5.73 Å². The van der Waals surface area contributed by atoms with Crippen LogP contribution in [0.5, 0.6) is 0 Å². The summed E-state index contributed by atoms with van der Waals surface area (Å²) in [5.74, 6) is -0.376. The van der Waals surface area contributed by atoms with Gasteiger partial charge in [0.1, 0.15) is 0 Å². The summed E-state index contributed by atoms with van der Waals surface area (Å²) in [6, 6.07) is 6.01. The monoisotopic (exact) mass is 249 g/mol. The number of amides is 1. The topological polar surface area (TPSA) is 58.4 Å². The molecule has 0 saturated carbocycles. The molecule has 1 atom stereocenters. The Hall–Kier alpha value is -1.39. The molecule has 1 rings (SSSR count). The van der Waals surface area contributed by atoms with Crippen LogP contribution in [0.2, 0.25) is 0 Å². The van der Waals surface area contributed by atoms with E-state index in [1.165, 1.54) is 5.56 Å². The highest BCUT2D eigenvalue weighted by Gasteiger charge is 2.06. The SMILES string of the molecule is Cc1cc(C(N)=O)ccc1CNC(C)CN(C)C. The lowest BCUT2D eigenvalue weighted by atomic mass is 10.0. The molecule has 18 heavy (non-hydrogen) atoms. The molecule has 0 radical (unpaired) electrons. The van der Waals surface area contributed by atoms with Crippen LogP contribution in [0.15, 0.2) is 18.2 Å². The smallest absolute Gasteiger partial charge is 0.248 e. The molecule has 1 aromatic carbocycles. The highest BCUT2D eigenvalue weighted by atomic mass is 16.1. The zero-order valence-corrected chi connectivity index (χ0v) is 11.7. The zero-order chi connectivity index (χ0) is 13.7. The summed E-state index contributed by atoms with van der Waals surface area (Å²) >= 11 is 0. The summed E-state index contributed by atoms with van der Waals surface area (Å²) in [5, 5.41) is 3.46. The molecule has 3 N–H and O–H groups in total. The second-order valence-corrected chi connectivity index (χ2v) is 5.05. The third-order valence-corrected chi connectivity index (χ3v) is 2.91. The van der Waals surface area contributed by atoms with Gasteiger partial charge in [0.05, 0.1) is 0 Å². The Kier molecular flexibility index (Phi) is 5.31. The Morgan fingerprint density at radius 1 is 1.44 bits per heavy atom. The summed E-state index contributed by atoms with van der Waals surface area (Å²) in [7, 11) is 4.12. The number of hydrogen-bond donors (Lipinski definition) is 2. The van der Waals surface area contributed by atoms with Crippen LogP contribution in [-0.2, 0) is 6.54 Å². The van der Waals surface area contributed by atoms with Crippen LogP contribution >= 0.6 is 0 Å². The van der Waals surface area contributed by atoms with E-state index in [0.29, 0.717) is 11.6 Å². The second kappa shape index (κ2) is 6.52. The number of primary amides is 1. The van der Waals surface area contributed by atoms with Crippen molar-refractivity contribution in [1.82, 2.24) is 10.2 Å². The zero-order valence-electron chi connectivity index (χ0n) is 11.7. The van der Waals surface area contributed by atoms with E-state index < -0.39 is 0 Å². The molecule has 0 aliphatic rings. The lowest BCUT2D eigenvalue weighted by Crippen LogP contribution is -2.35. The van der Waals surface area contributed by atoms with Gasteiger partial charge in [-0.25, -0.2) is 0 Å². The third-order valence-electron chi connectivity index (χ3n) is 2.91. The third kappa shape index (κ3) is 4.47. The Balaban J connectivity index is 2.60. The van der Waals surface area contributed by atoms with Crippen molar-refractivity contribution in [3.63, 3.8) is 0 Å². The summed E-state index contributed by atoms with van der Waals surface area (Å²) in [4.78, 5) is 13.2. The maximum atomic E-state index is 11.1. The number of carbonyl (C=O) groups is 1. The maximum absolute atomic E-state index is 11.1. The normalized spacial score (nSPS) is 12.7. The largest absolute Gasteiger partial charge is 0.366 e. The fourth-order valence-electron chi connectivity index (χ4n) is 1.94. The van der Waals surface area contributed by atoms with Crippen molar-refractivity contribution in [2.45, 2.75) is 26.4 Å². The molecule has 0 aliphatic carbocycles. The van der Waals surface area contributed by atoms with E-state index in [0.717, 1.165) is 18.7 Å². The van der Waals surface area contributed by atoms with Crippen molar-refractivity contribution in [3.8, 4) is 0 Å². The molecule has 4 heteroatoms. The number of likely N-dealkylation sites (N-methyl/N-ethyl adjacent to an activating group) is 1. The van der Waals surface area contributed by atoms with Crippen LogP contribution in [-0.4, -0.2) is 37.5 Å². The Bertz CT molecular complexity index is 416. The minimum atomic E-state index is -0.376. The first kappa shape index (κ1) is 14.7. The number of aryl methyl sites for hydroxylation is 1. The fraction of sp³-hybridized carbons (Fsp3) is 0.500. The van der Waals surface area contributed by atoms with Gasteiger partial charge in [-0.15, -0.1) is 0 Å². The van der Waals surface area contributed by atoms with Gasteiger partial charge in [-0.3, -0.25) is 4.79 Å². The molecule has 0 bridgehead atoms. The molecule has 0 saturated heterocycles. The van der Waals surface area contributed by atoms with E-state index in [2.05, 4.69) is 31.2 Å². The number of nitrogens with one attached hydrogen (secondary N) is 1. The Morgan fingerprint density at radius 3 is 2.61 bits per heavy atom. The molecular weight excluding hydrogens is 226 g/mol. The molecule has 4 nitrogen and oxygen atoms in total. The molecule has 1 aromatic rings. The predicted octanol–water partition coefficient (Wildman–Crippen LogP) is 1.13. The fourth-order valence-corrected chi connectivity index (χ4v) is 1.94. The maximum Gasteiger partial charge on any atom is 0.248 e. The molecule has 1 amide bonds. The van der Waals surface area contributed by atoms with Crippen LogP contribution in [0.4, 0.5) is 0 Å². The van der Waals surface area contributed by atoms with Crippen molar-refractivity contribution in [3.05, 3.63) is 34.9 Å². The number of nitrogens with zero attached hydrogens (tertiary/aromatic N) is 1. The number of carbonyl (C=O) groups excluding carboxylic acids is 1. The van der Waals surface area contributed by atoms with Gasteiger partial charge in [-0.2, -0.15) is 0 Å². The second-order valence-electron chi connectivity index (χ2n) is 5.05. The lowest BCUT2D eigenvalue weighted by Gasteiger charge is -2.19. The molecule has 0 aromatic heterocycles. The molecule has 0 aliphatic heterocycles. The van der Waals surface area contributed by atoms with E-state index >= 15 is 0 Å². The number of nitrogens with two attached hydrogens (primary N) is 1. The summed E-state index contributed by atoms with van der Waals surface area (Å²) in [6.45, 7) is 5.96.